The fraction of sp³-hybridized carbons (Fsp3) is 0.632. The molecule has 2 saturated heterocycles. The van der Waals surface area contributed by atoms with Gasteiger partial charge in [0.25, 0.3) is 5.91 Å². The second kappa shape index (κ2) is 7.32. The SMILES string of the molecule is Cc1nc2c(C)cc(C(=O)NC3CCN(C4CCNCC4)CC3)cn2n1. The number of likely N-dealkylation sites (tertiary alicyclic amines) is 1. The van der Waals surface area contributed by atoms with Crippen molar-refractivity contribution in [1.82, 2.24) is 30.1 Å². The highest BCUT2D eigenvalue weighted by Gasteiger charge is 2.27. The lowest BCUT2D eigenvalue weighted by molar-refractivity contribution is 0.0871. The average molecular weight is 356 g/mol. The first-order chi connectivity index (χ1) is 12.6. The number of hydrogen-bond donors (Lipinski definition) is 2. The van der Waals surface area contributed by atoms with Crippen molar-refractivity contribution >= 4 is 11.6 Å². The van der Waals surface area contributed by atoms with E-state index in [2.05, 4.69) is 25.6 Å². The summed E-state index contributed by atoms with van der Waals surface area (Å²) in [6.07, 6.45) is 6.32. The van der Waals surface area contributed by atoms with Crippen LogP contribution in [-0.4, -0.2) is 63.7 Å². The zero-order valence-corrected chi connectivity index (χ0v) is 15.7. The van der Waals surface area contributed by atoms with Crippen molar-refractivity contribution in [1.29, 1.82) is 0 Å². The first-order valence-electron chi connectivity index (χ1n) is 9.69. The van der Waals surface area contributed by atoms with Crippen molar-refractivity contribution < 1.29 is 4.79 Å². The van der Waals surface area contributed by atoms with E-state index in [9.17, 15) is 4.79 Å². The van der Waals surface area contributed by atoms with Gasteiger partial charge < -0.3 is 15.5 Å². The second-order valence-electron chi connectivity index (χ2n) is 7.60. The van der Waals surface area contributed by atoms with Gasteiger partial charge in [0, 0.05) is 31.4 Å². The number of amides is 1. The molecule has 26 heavy (non-hydrogen) atoms. The van der Waals surface area contributed by atoms with Crippen molar-refractivity contribution in [3.05, 3.63) is 29.2 Å². The third kappa shape index (κ3) is 3.59. The summed E-state index contributed by atoms with van der Waals surface area (Å²) in [4.78, 5) is 19.7. The number of pyridine rings is 1. The third-order valence-corrected chi connectivity index (χ3v) is 5.68. The number of nitrogens with one attached hydrogen (secondary N) is 2. The van der Waals surface area contributed by atoms with Crippen LogP contribution in [0.1, 0.15) is 47.4 Å². The molecule has 4 heterocycles. The van der Waals surface area contributed by atoms with Gasteiger partial charge in [-0.15, -0.1) is 0 Å². The Morgan fingerprint density at radius 2 is 1.92 bits per heavy atom. The topological polar surface area (TPSA) is 74.6 Å². The van der Waals surface area contributed by atoms with E-state index < -0.39 is 0 Å². The molecule has 2 aliphatic heterocycles. The zero-order chi connectivity index (χ0) is 18.1. The average Bonchev–Trinajstić information content (AvgIpc) is 3.04. The highest BCUT2D eigenvalue weighted by molar-refractivity contribution is 5.94. The number of hydrogen-bond acceptors (Lipinski definition) is 5. The van der Waals surface area contributed by atoms with Crippen LogP contribution in [0.25, 0.3) is 5.65 Å². The Morgan fingerprint density at radius 1 is 1.19 bits per heavy atom. The molecule has 0 spiro atoms. The Labute approximate surface area is 154 Å². The molecule has 2 aliphatic rings. The summed E-state index contributed by atoms with van der Waals surface area (Å²) in [5.74, 6) is 0.708. The summed E-state index contributed by atoms with van der Waals surface area (Å²) in [7, 11) is 0. The van der Waals surface area contributed by atoms with Gasteiger partial charge in [-0.25, -0.2) is 9.50 Å². The summed E-state index contributed by atoms with van der Waals surface area (Å²) in [5, 5.41) is 11.0. The molecule has 2 aromatic heterocycles. The molecule has 0 saturated carbocycles. The minimum Gasteiger partial charge on any atom is -0.349 e. The molecule has 140 valence electrons. The van der Waals surface area contributed by atoms with Crippen LogP contribution in [0.5, 0.6) is 0 Å². The van der Waals surface area contributed by atoms with Crippen LogP contribution < -0.4 is 10.6 Å². The molecule has 1 amide bonds. The van der Waals surface area contributed by atoms with Gasteiger partial charge in [-0.05, 0) is 64.3 Å². The fourth-order valence-corrected chi connectivity index (χ4v) is 4.23. The smallest absolute Gasteiger partial charge is 0.253 e. The normalized spacial score (nSPS) is 20.5. The van der Waals surface area contributed by atoms with Crippen LogP contribution in [0.15, 0.2) is 12.3 Å². The lowest BCUT2D eigenvalue weighted by Gasteiger charge is -2.39. The van der Waals surface area contributed by atoms with Gasteiger partial charge >= 0.3 is 0 Å². The molecule has 4 rings (SSSR count). The first kappa shape index (κ1) is 17.4. The molecule has 7 nitrogen and oxygen atoms in total. The molecule has 7 heteroatoms. The second-order valence-corrected chi connectivity index (χ2v) is 7.60. The minimum absolute atomic E-state index is 0.0107. The molecule has 0 aromatic carbocycles. The highest BCUT2D eigenvalue weighted by Crippen LogP contribution is 2.19. The monoisotopic (exact) mass is 356 g/mol. The Hall–Kier alpha value is -1.99. The van der Waals surface area contributed by atoms with Crippen molar-refractivity contribution in [2.24, 2.45) is 0 Å². The Kier molecular flexibility index (Phi) is 4.91. The summed E-state index contributed by atoms with van der Waals surface area (Å²) in [5.41, 5.74) is 2.44. The Morgan fingerprint density at radius 3 is 2.65 bits per heavy atom. The molecule has 0 radical (unpaired) electrons. The molecule has 0 atom stereocenters. The van der Waals surface area contributed by atoms with Crippen LogP contribution in [0, 0.1) is 13.8 Å². The van der Waals surface area contributed by atoms with Crippen molar-refractivity contribution in [2.45, 2.75) is 51.6 Å². The van der Waals surface area contributed by atoms with Gasteiger partial charge in [-0.2, -0.15) is 5.10 Å². The maximum Gasteiger partial charge on any atom is 0.253 e. The number of rotatable bonds is 3. The summed E-state index contributed by atoms with van der Waals surface area (Å²) >= 11 is 0. The number of aromatic nitrogens is 3. The third-order valence-electron chi connectivity index (χ3n) is 5.68. The van der Waals surface area contributed by atoms with E-state index in [1.165, 1.54) is 12.8 Å². The van der Waals surface area contributed by atoms with E-state index in [4.69, 9.17) is 0 Å². The standard InChI is InChI=1S/C19H28N6O/c1-13-11-15(12-25-18(13)21-14(2)23-25)19(26)22-16-5-9-24(10-6-16)17-3-7-20-8-4-17/h11-12,16-17,20H,3-10H2,1-2H3,(H,22,26). The van der Waals surface area contributed by atoms with E-state index in [1.54, 1.807) is 10.7 Å². The summed E-state index contributed by atoms with van der Waals surface area (Å²) in [6, 6.07) is 2.88. The highest BCUT2D eigenvalue weighted by atomic mass is 16.1. The van der Waals surface area contributed by atoms with Crippen molar-refractivity contribution in [2.75, 3.05) is 26.2 Å². The molecular weight excluding hydrogens is 328 g/mol. The molecule has 0 unspecified atom stereocenters. The number of nitrogens with zero attached hydrogens (tertiary/aromatic N) is 4. The van der Waals surface area contributed by atoms with Gasteiger partial charge in [0.05, 0.1) is 5.56 Å². The maximum atomic E-state index is 12.7. The number of carbonyl (C=O) groups is 1. The molecule has 2 aromatic rings. The predicted molar refractivity (Wildman–Crippen MR) is 100 cm³/mol. The van der Waals surface area contributed by atoms with Crippen LogP contribution in [-0.2, 0) is 0 Å². The number of fused-ring (bicyclic) bond motifs is 1. The fourth-order valence-electron chi connectivity index (χ4n) is 4.23. The minimum atomic E-state index is -0.0107. The number of piperidine rings is 2. The lowest BCUT2D eigenvalue weighted by Crippen LogP contribution is -2.50. The molecule has 0 aliphatic carbocycles. The van der Waals surface area contributed by atoms with Gasteiger partial charge in [0.1, 0.15) is 5.82 Å². The van der Waals surface area contributed by atoms with E-state index in [-0.39, 0.29) is 11.9 Å². The number of carbonyl (C=O) groups excluding carboxylic acids is 1. The van der Waals surface area contributed by atoms with Crippen LogP contribution >= 0.6 is 0 Å². The lowest BCUT2D eigenvalue weighted by atomic mass is 9.98. The van der Waals surface area contributed by atoms with Gasteiger partial charge in [-0.1, -0.05) is 0 Å². The number of aryl methyl sites for hydroxylation is 2. The van der Waals surface area contributed by atoms with Crippen molar-refractivity contribution in [3.63, 3.8) is 0 Å². The molecule has 2 fully saturated rings. The van der Waals surface area contributed by atoms with E-state index >= 15 is 0 Å². The van der Waals surface area contributed by atoms with Gasteiger partial charge in [0.2, 0.25) is 0 Å². The van der Waals surface area contributed by atoms with E-state index in [0.717, 1.165) is 56.1 Å². The van der Waals surface area contributed by atoms with Crippen molar-refractivity contribution in [3.8, 4) is 0 Å². The summed E-state index contributed by atoms with van der Waals surface area (Å²) in [6.45, 7) is 8.25. The van der Waals surface area contributed by atoms with Gasteiger partial charge in [0.15, 0.2) is 5.65 Å². The first-order valence-corrected chi connectivity index (χ1v) is 9.69. The predicted octanol–water partition coefficient (Wildman–Crippen LogP) is 1.29. The van der Waals surface area contributed by atoms with E-state index in [0.29, 0.717) is 11.6 Å². The Bertz CT molecular complexity index is 787. The molecule has 2 N–H and O–H groups in total. The van der Waals surface area contributed by atoms with Crippen LogP contribution in [0.4, 0.5) is 0 Å². The van der Waals surface area contributed by atoms with Crippen LogP contribution in [0.2, 0.25) is 0 Å². The van der Waals surface area contributed by atoms with E-state index in [1.807, 2.05) is 19.9 Å². The summed E-state index contributed by atoms with van der Waals surface area (Å²) < 4.78 is 1.71. The van der Waals surface area contributed by atoms with Gasteiger partial charge in [-0.3, -0.25) is 4.79 Å². The van der Waals surface area contributed by atoms with Crippen LogP contribution in [0.3, 0.4) is 0 Å². The zero-order valence-electron chi connectivity index (χ0n) is 15.7. The Balaban J connectivity index is 1.36. The maximum absolute atomic E-state index is 12.7. The molecule has 0 bridgehead atoms. The largest absolute Gasteiger partial charge is 0.349 e. The molecular formula is C19H28N6O. The quantitative estimate of drug-likeness (QED) is 0.867.